The summed E-state index contributed by atoms with van der Waals surface area (Å²) < 4.78 is 1.78. The molecular weight excluding hydrogens is 408 g/mol. The van der Waals surface area contributed by atoms with Gasteiger partial charge in [-0.1, -0.05) is 69.3 Å². The first kappa shape index (κ1) is 23.4. The number of benzene rings is 2. The smallest absolute Gasteiger partial charge is 0.273 e. The molecule has 8 nitrogen and oxygen atoms in total. The molecule has 0 saturated carbocycles. The van der Waals surface area contributed by atoms with Gasteiger partial charge in [0.05, 0.1) is 24.8 Å². The van der Waals surface area contributed by atoms with Crippen LogP contribution in [0.15, 0.2) is 54.6 Å². The molecule has 0 aliphatic rings. The maximum absolute atomic E-state index is 13.2. The van der Waals surface area contributed by atoms with Crippen molar-refractivity contribution >= 4 is 22.7 Å². The number of carbonyl (C=O) groups is 2. The fourth-order valence-electron chi connectivity index (χ4n) is 3.43. The molecule has 0 saturated heterocycles. The van der Waals surface area contributed by atoms with Gasteiger partial charge in [-0.2, -0.15) is 5.10 Å². The Balaban J connectivity index is 1.87. The number of carbonyl (C=O) groups excluding carboxylic acids is 2. The number of hydrogen-bond acceptors (Lipinski definition) is 5. The molecule has 3 rings (SSSR count). The van der Waals surface area contributed by atoms with Gasteiger partial charge in [0.2, 0.25) is 5.91 Å². The van der Waals surface area contributed by atoms with E-state index in [-0.39, 0.29) is 12.2 Å². The molecule has 0 spiro atoms. The number of para-hydroxylation sites is 1. The van der Waals surface area contributed by atoms with E-state index < -0.39 is 36.0 Å². The molecule has 170 valence electrons. The molecule has 1 aromatic heterocycles. The van der Waals surface area contributed by atoms with Crippen LogP contribution in [0.4, 0.5) is 0 Å². The van der Waals surface area contributed by atoms with E-state index in [0.29, 0.717) is 11.9 Å². The minimum Gasteiger partial charge on any atom is -0.394 e. The number of fused-ring (bicyclic) bond motifs is 1. The molecule has 4 N–H and O–H groups in total. The average Bonchev–Trinajstić information content (AvgIpc) is 3.14. The van der Waals surface area contributed by atoms with E-state index in [4.69, 9.17) is 5.11 Å². The van der Waals surface area contributed by atoms with Crippen LogP contribution in [-0.2, 0) is 11.3 Å². The highest BCUT2D eigenvalue weighted by Crippen LogP contribution is 2.23. The van der Waals surface area contributed by atoms with Crippen LogP contribution in [0.25, 0.3) is 10.9 Å². The fraction of sp³-hybridized carbons (Fsp3) is 0.375. The monoisotopic (exact) mass is 438 g/mol. The summed E-state index contributed by atoms with van der Waals surface area (Å²) in [6.07, 6.45) is -1.06. The number of amides is 2. The lowest BCUT2D eigenvalue weighted by atomic mass is 9.86. The number of aliphatic hydroxyl groups excluding tert-OH is 2. The van der Waals surface area contributed by atoms with Crippen molar-refractivity contribution in [1.82, 2.24) is 20.4 Å². The van der Waals surface area contributed by atoms with E-state index in [2.05, 4.69) is 15.7 Å². The van der Waals surface area contributed by atoms with Gasteiger partial charge in [-0.15, -0.1) is 0 Å². The number of nitrogens with zero attached hydrogens (tertiary/aromatic N) is 2. The quantitative estimate of drug-likeness (QED) is 0.427. The molecule has 0 aliphatic heterocycles. The van der Waals surface area contributed by atoms with Crippen molar-refractivity contribution in [2.75, 3.05) is 13.2 Å². The second-order valence-electron chi connectivity index (χ2n) is 8.86. The van der Waals surface area contributed by atoms with Crippen LogP contribution in [-0.4, -0.2) is 57.1 Å². The average molecular weight is 439 g/mol. The Hall–Kier alpha value is -3.23. The first-order valence-electron chi connectivity index (χ1n) is 10.6. The predicted octanol–water partition coefficient (Wildman–Crippen LogP) is 1.70. The number of aromatic nitrogens is 2. The van der Waals surface area contributed by atoms with Gasteiger partial charge in [0, 0.05) is 11.9 Å². The fourth-order valence-corrected chi connectivity index (χ4v) is 3.43. The Morgan fingerprint density at radius 1 is 1.06 bits per heavy atom. The minimum absolute atomic E-state index is 0.105. The molecule has 0 unspecified atom stereocenters. The Morgan fingerprint density at radius 2 is 1.72 bits per heavy atom. The standard InChI is InChI=1S/C24H30N4O4/c1-24(2,3)21(23(32)25-13-17(30)15-29)26-22(31)20-18-11-7-8-12-19(18)28(27-20)14-16-9-5-4-6-10-16/h4-12,17,21,29-30H,13-15H2,1-3H3,(H,25,32)(H,26,31)/t17-,21+/m0/s1. The van der Waals surface area contributed by atoms with Gasteiger partial charge in [0.25, 0.3) is 5.91 Å². The highest BCUT2D eigenvalue weighted by atomic mass is 16.3. The molecule has 2 aromatic carbocycles. The molecule has 32 heavy (non-hydrogen) atoms. The van der Waals surface area contributed by atoms with Crippen molar-refractivity contribution in [3.8, 4) is 0 Å². The topological polar surface area (TPSA) is 116 Å². The Kier molecular flexibility index (Phi) is 7.27. The largest absolute Gasteiger partial charge is 0.394 e. The number of aliphatic hydroxyl groups is 2. The lowest BCUT2D eigenvalue weighted by molar-refractivity contribution is -0.125. The van der Waals surface area contributed by atoms with Crippen molar-refractivity contribution in [1.29, 1.82) is 0 Å². The minimum atomic E-state index is -1.06. The molecular formula is C24H30N4O4. The molecule has 0 bridgehead atoms. The molecule has 0 aliphatic carbocycles. The van der Waals surface area contributed by atoms with Gasteiger partial charge in [-0.3, -0.25) is 14.3 Å². The molecule has 8 heteroatoms. The summed E-state index contributed by atoms with van der Waals surface area (Å²) in [6, 6.07) is 16.5. The Labute approximate surface area is 187 Å². The van der Waals surface area contributed by atoms with Gasteiger partial charge in [0.15, 0.2) is 5.69 Å². The molecule has 3 aromatic rings. The second-order valence-corrected chi connectivity index (χ2v) is 8.86. The van der Waals surface area contributed by atoms with E-state index in [1.807, 2.05) is 75.4 Å². The van der Waals surface area contributed by atoms with Gasteiger partial charge in [-0.25, -0.2) is 0 Å². The van der Waals surface area contributed by atoms with Gasteiger partial charge >= 0.3 is 0 Å². The number of rotatable bonds is 8. The van der Waals surface area contributed by atoms with Crippen molar-refractivity contribution in [2.45, 2.75) is 39.5 Å². The SMILES string of the molecule is CC(C)(C)[C@H](NC(=O)c1nn(Cc2ccccc2)c2ccccc12)C(=O)NC[C@H](O)CO. The normalized spacial score (nSPS) is 13.5. The second kappa shape index (κ2) is 9.93. The lowest BCUT2D eigenvalue weighted by Gasteiger charge is -2.30. The zero-order valence-electron chi connectivity index (χ0n) is 18.6. The Morgan fingerprint density at radius 3 is 2.38 bits per heavy atom. The zero-order chi connectivity index (χ0) is 23.3. The zero-order valence-corrected chi connectivity index (χ0v) is 18.6. The van der Waals surface area contributed by atoms with Crippen LogP contribution in [0.2, 0.25) is 0 Å². The van der Waals surface area contributed by atoms with E-state index in [0.717, 1.165) is 11.1 Å². The lowest BCUT2D eigenvalue weighted by Crippen LogP contribution is -2.54. The van der Waals surface area contributed by atoms with E-state index in [9.17, 15) is 14.7 Å². The first-order chi connectivity index (χ1) is 15.2. The van der Waals surface area contributed by atoms with E-state index in [1.165, 1.54) is 0 Å². The van der Waals surface area contributed by atoms with E-state index in [1.54, 1.807) is 4.68 Å². The van der Waals surface area contributed by atoms with Crippen LogP contribution in [0.3, 0.4) is 0 Å². The van der Waals surface area contributed by atoms with Crippen molar-refractivity contribution in [3.05, 3.63) is 65.9 Å². The summed E-state index contributed by atoms with van der Waals surface area (Å²) in [5, 5.41) is 29.2. The van der Waals surface area contributed by atoms with Gasteiger partial charge < -0.3 is 20.8 Å². The third kappa shape index (κ3) is 5.52. The number of hydrogen-bond donors (Lipinski definition) is 4. The highest BCUT2D eigenvalue weighted by molar-refractivity contribution is 6.06. The first-order valence-corrected chi connectivity index (χ1v) is 10.6. The third-order valence-corrected chi connectivity index (χ3v) is 5.17. The van der Waals surface area contributed by atoms with Crippen LogP contribution < -0.4 is 10.6 Å². The summed E-state index contributed by atoms with van der Waals surface area (Å²) in [5.41, 5.74) is 1.53. The van der Waals surface area contributed by atoms with E-state index >= 15 is 0 Å². The summed E-state index contributed by atoms with van der Waals surface area (Å²) >= 11 is 0. The van der Waals surface area contributed by atoms with Crippen LogP contribution in [0, 0.1) is 5.41 Å². The maximum Gasteiger partial charge on any atom is 0.273 e. The highest BCUT2D eigenvalue weighted by Gasteiger charge is 2.34. The molecule has 0 fully saturated rings. The van der Waals surface area contributed by atoms with Gasteiger partial charge in [0.1, 0.15) is 6.04 Å². The molecule has 1 heterocycles. The maximum atomic E-state index is 13.2. The van der Waals surface area contributed by atoms with Crippen molar-refractivity contribution in [2.24, 2.45) is 5.41 Å². The van der Waals surface area contributed by atoms with Crippen LogP contribution in [0.5, 0.6) is 0 Å². The van der Waals surface area contributed by atoms with Crippen LogP contribution in [0.1, 0.15) is 36.8 Å². The number of nitrogens with one attached hydrogen (secondary N) is 2. The van der Waals surface area contributed by atoms with Gasteiger partial charge in [-0.05, 0) is 17.0 Å². The summed E-state index contributed by atoms with van der Waals surface area (Å²) in [6.45, 7) is 5.46. The summed E-state index contributed by atoms with van der Waals surface area (Å²) in [7, 11) is 0. The summed E-state index contributed by atoms with van der Waals surface area (Å²) in [4.78, 5) is 26.0. The molecule has 2 atom stereocenters. The molecule has 0 radical (unpaired) electrons. The van der Waals surface area contributed by atoms with Crippen molar-refractivity contribution in [3.63, 3.8) is 0 Å². The molecule has 2 amide bonds. The Bertz CT molecular complexity index is 1070. The third-order valence-electron chi connectivity index (χ3n) is 5.17. The van der Waals surface area contributed by atoms with Crippen LogP contribution >= 0.6 is 0 Å². The summed E-state index contributed by atoms with van der Waals surface area (Å²) in [5.74, 6) is -0.892. The predicted molar refractivity (Wildman–Crippen MR) is 122 cm³/mol. The van der Waals surface area contributed by atoms with Crippen molar-refractivity contribution < 1.29 is 19.8 Å².